The molecule has 7 heteroatoms. The van der Waals surface area contributed by atoms with E-state index in [4.69, 9.17) is 0 Å². The van der Waals surface area contributed by atoms with Crippen LogP contribution in [0, 0.1) is 13.8 Å². The Hall–Kier alpha value is -2.67. The summed E-state index contributed by atoms with van der Waals surface area (Å²) in [6.07, 6.45) is -4.53. The molecule has 0 unspecified atom stereocenters. The van der Waals surface area contributed by atoms with E-state index >= 15 is 0 Å². The van der Waals surface area contributed by atoms with Gasteiger partial charge in [-0.2, -0.15) is 13.2 Å². The van der Waals surface area contributed by atoms with Crippen molar-refractivity contribution in [3.63, 3.8) is 0 Å². The Kier molecular flexibility index (Phi) is 4.82. The van der Waals surface area contributed by atoms with E-state index in [1.165, 1.54) is 0 Å². The maximum atomic E-state index is 12.7. The number of nitrogens with one attached hydrogen (secondary N) is 1. The SMILES string of the molecule is Cc1ccc(-c2ccccc2C(=O)Nc2nc(C(F)(F)F)cs2)c(C)c1. The molecule has 134 valence electrons. The van der Waals surface area contributed by atoms with Gasteiger partial charge in [-0.25, -0.2) is 4.98 Å². The van der Waals surface area contributed by atoms with Crippen LogP contribution in [0.15, 0.2) is 47.8 Å². The first-order valence-electron chi connectivity index (χ1n) is 7.76. The van der Waals surface area contributed by atoms with Crippen LogP contribution >= 0.6 is 11.3 Å². The first-order chi connectivity index (χ1) is 12.3. The van der Waals surface area contributed by atoms with Gasteiger partial charge < -0.3 is 0 Å². The molecule has 1 N–H and O–H groups in total. The summed E-state index contributed by atoms with van der Waals surface area (Å²) in [7, 11) is 0. The maximum Gasteiger partial charge on any atom is 0.434 e. The van der Waals surface area contributed by atoms with Crippen LogP contribution in [0.3, 0.4) is 0 Å². The molecule has 1 amide bonds. The van der Waals surface area contributed by atoms with Crippen molar-refractivity contribution in [2.24, 2.45) is 0 Å². The molecular formula is C19H15F3N2OS. The van der Waals surface area contributed by atoms with Crippen molar-refractivity contribution in [2.45, 2.75) is 20.0 Å². The van der Waals surface area contributed by atoms with E-state index < -0.39 is 17.8 Å². The lowest BCUT2D eigenvalue weighted by Gasteiger charge is -2.12. The summed E-state index contributed by atoms with van der Waals surface area (Å²) in [6, 6.07) is 12.9. The third kappa shape index (κ3) is 3.77. The Morgan fingerprint density at radius 2 is 1.81 bits per heavy atom. The second-order valence-corrected chi connectivity index (χ2v) is 6.71. The fourth-order valence-electron chi connectivity index (χ4n) is 2.66. The highest BCUT2D eigenvalue weighted by Crippen LogP contribution is 2.32. The Morgan fingerprint density at radius 3 is 2.46 bits per heavy atom. The number of aromatic nitrogens is 1. The van der Waals surface area contributed by atoms with Crippen LogP contribution in [0.4, 0.5) is 18.3 Å². The van der Waals surface area contributed by atoms with Gasteiger partial charge in [0.2, 0.25) is 0 Å². The molecule has 0 saturated heterocycles. The van der Waals surface area contributed by atoms with Gasteiger partial charge in [0.25, 0.3) is 5.91 Å². The number of benzene rings is 2. The molecular weight excluding hydrogens is 361 g/mol. The van der Waals surface area contributed by atoms with Crippen molar-refractivity contribution in [2.75, 3.05) is 5.32 Å². The van der Waals surface area contributed by atoms with E-state index in [1.54, 1.807) is 12.1 Å². The maximum absolute atomic E-state index is 12.7. The van der Waals surface area contributed by atoms with Crippen molar-refractivity contribution in [1.82, 2.24) is 4.98 Å². The van der Waals surface area contributed by atoms with E-state index in [-0.39, 0.29) is 5.13 Å². The predicted molar refractivity (Wildman–Crippen MR) is 96.4 cm³/mol. The number of rotatable bonds is 3. The van der Waals surface area contributed by atoms with Crippen molar-refractivity contribution in [3.05, 3.63) is 70.2 Å². The number of halogens is 3. The molecule has 0 bridgehead atoms. The minimum atomic E-state index is -4.53. The van der Waals surface area contributed by atoms with Crippen molar-refractivity contribution in [1.29, 1.82) is 0 Å². The van der Waals surface area contributed by atoms with E-state index in [0.717, 1.165) is 39.0 Å². The summed E-state index contributed by atoms with van der Waals surface area (Å²) in [5.41, 5.74) is 3.10. The smallest absolute Gasteiger partial charge is 0.298 e. The molecule has 0 spiro atoms. The second kappa shape index (κ2) is 6.92. The van der Waals surface area contributed by atoms with Gasteiger partial charge in [0.05, 0.1) is 0 Å². The van der Waals surface area contributed by atoms with Crippen molar-refractivity contribution in [3.8, 4) is 11.1 Å². The van der Waals surface area contributed by atoms with Gasteiger partial charge in [-0.3, -0.25) is 10.1 Å². The van der Waals surface area contributed by atoms with E-state index in [9.17, 15) is 18.0 Å². The summed E-state index contributed by atoms with van der Waals surface area (Å²) in [6.45, 7) is 3.93. The highest BCUT2D eigenvalue weighted by atomic mass is 32.1. The number of alkyl halides is 3. The molecule has 0 aliphatic carbocycles. The number of thiazole rings is 1. The molecule has 0 saturated carbocycles. The number of hydrogen-bond acceptors (Lipinski definition) is 3. The quantitative estimate of drug-likeness (QED) is 0.637. The third-order valence-corrected chi connectivity index (χ3v) is 4.62. The zero-order chi connectivity index (χ0) is 18.9. The Bertz CT molecular complexity index is 963. The minimum Gasteiger partial charge on any atom is -0.298 e. The largest absolute Gasteiger partial charge is 0.434 e. The first kappa shape index (κ1) is 18.1. The Morgan fingerprint density at radius 1 is 1.08 bits per heavy atom. The molecule has 3 nitrogen and oxygen atoms in total. The average molecular weight is 376 g/mol. The van der Waals surface area contributed by atoms with Crippen LogP contribution in [0.25, 0.3) is 11.1 Å². The number of carbonyl (C=O) groups is 1. The second-order valence-electron chi connectivity index (χ2n) is 5.85. The molecule has 0 atom stereocenters. The molecule has 2 aromatic carbocycles. The number of nitrogens with zero attached hydrogens (tertiary/aromatic N) is 1. The van der Waals surface area contributed by atoms with Gasteiger partial charge >= 0.3 is 6.18 Å². The van der Waals surface area contributed by atoms with Gasteiger partial charge in [-0.05, 0) is 36.6 Å². The van der Waals surface area contributed by atoms with E-state index in [2.05, 4.69) is 10.3 Å². The van der Waals surface area contributed by atoms with E-state index in [1.807, 2.05) is 44.2 Å². The monoisotopic (exact) mass is 376 g/mol. The van der Waals surface area contributed by atoms with Crippen LogP contribution in [0.1, 0.15) is 27.2 Å². The number of anilines is 1. The molecule has 0 aliphatic rings. The zero-order valence-electron chi connectivity index (χ0n) is 14.0. The van der Waals surface area contributed by atoms with Crippen molar-refractivity contribution < 1.29 is 18.0 Å². The molecule has 1 heterocycles. The third-order valence-electron chi connectivity index (χ3n) is 3.86. The average Bonchev–Trinajstić information content (AvgIpc) is 3.04. The summed E-state index contributed by atoms with van der Waals surface area (Å²) in [5.74, 6) is -0.497. The number of carbonyl (C=O) groups excluding carboxylic acids is 1. The van der Waals surface area contributed by atoms with Crippen LogP contribution in [-0.4, -0.2) is 10.9 Å². The van der Waals surface area contributed by atoms with Gasteiger partial charge in [0.15, 0.2) is 10.8 Å². The molecule has 3 aromatic rings. The van der Waals surface area contributed by atoms with Crippen LogP contribution < -0.4 is 5.32 Å². The summed E-state index contributed by atoms with van der Waals surface area (Å²) < 4.78 is 38.0. The summed E-state index contributed by atoms with van der Waals surface area (Å²) in [4.78, 5) is 16.1. The fraction of sp³-hybridized carbons (Fsp3) is 0.158. The summed E-state index contributed by atoms with van der Waals surface area (Å²) >= 11 is 0.743. The van der Waals surface area contributed by atoms with Gasteiger partial charge in [-0.15, -0.1) is 11.3 Å². The molecule has 1 aromatic heterocycles. The first-order valence-corrected chi connectivity index (χ1v) is 8.64. The normalized spacial score (nSPS) is 11.4. The molecule has 3 rings (SSSR count). The topological polar surface area (TPSA) is 42.0 Å². The van der Waals surface area contributed by atoms with Gasteiger partial charge in [-0.1, -0.05) is 42.0 Å². The number of aryl methyl sites for hydroxylation is 2. The zero-order valence-corrected chi connectivity index (χ0v) is 14.8. The van der Waals surface area contributed by atoms with Crippen molar-refractivity contribution >= 4 is 22.4 Å². The summed E-state index contributed by atoms with van der Waals surface area (Å²) in [5, 5.41) is 3.26. The molecule has 0 radical (unpaired) electrons. The Labute approximate surface area is 152 Å². The van der Waals surface area contributed by atoms with Crippen LogP contribution in [0.5, 0.6) is 0 Å². The van der Waals surface area contributed by atoms with Gasteiger partial charge in [0, 0.05) is 10.9 Å². The Balaban J connectivity index is 1.92. The lowest BCUT2D eigenvalue weighted by atomic mass is 9.94. The molecule has 26 heavy (non-hydrogen) atoms. The van der Waals surface area contributed by atoms with Crippen LogP contribution in [0.2, 0.25) is 0 Å². The highest BCUT2D eigenvalue weighted by molar-refractivity contribution is 7.14. The highest BCUT2D eigenvalue weighted by Gasteiger charge is 2.34. The van der Waals surface area contributed by atoms with Gasteiger partial charge in [0.1, 0.15) is 0 Å². The predicted octanol–water partition coefficient (Wildman–Crippen LogP) is 5.70. The van der Waals surface area contributed by atoms with E-state index in [0.29, 0.717) is 5.56 Å². The minimum absolute atomic E-state index is 0.0854. The van der Waals surface area contributed by atoms with Crippen LogP contribution in [-0.2, 0) is 6.18 Å². The fourth-order valence-corrected chi connectivity index (χ4v) is 3.37. The number of amides is 1. The lowest BCUT2D eigenvalue weighted by Crippen LogP contribution is -2.14. The molecule has 0 aliphatic heterocycles. The lowest BCUT2D eigenvalue weighted by molar-refractivity contribution is -0.140. The standard InChI is InChI=1S/C19H15F3N2OS/c1-11-7-8-13(12(2)9-11)14-5-3-4-6-15(14)17(25)24-18-23-16(10-26-18)19(20,21)22/h3-10H,1-2H3,(H,23,24,25). The molecule has 0 fully saturated rings. The number of hydrogen-bond donors (Lipinski definition) is 1.